The highest BCUT2D eigenvalue weighted by Crippen LogP contribution is 2.25. The number of carbonyl (C=O) groups is 1. The fourth-order valence-electron chi connectivity index (χ4n) is 4.15. The number of allylic oxidation sites excluding steroid dienone is 1. The number of fused-ring (bicyclic) bond motifs is 1. The number of amides is 1. The van der Waals surface area contributed by atoms with Crippen molar-refractivity contribution in [3.05, 3.63) is 75.0 Å². The second-order valence-electron chi connectivity index (χ2n) is 8.08. The summed E-state index contributed by atoms with van der Waals surface area (Å²) in [6, 6.07) is 4.40. The molecular formula is C24H26ClFN4O. The molecule has 1 amide bonds. The number of aromatic nitrogens is 3. The maximum atomic E-state index is 13.4. The minimum absolute atomic E-state index is 0.160. The van der Waals surface area contributed by atoms with E-state index in [9.17, 15) is 9.18 Å². The summed E-state index contributed by atoms with van der Waals surface area (Å²) in [6.07, 6.45) is 10.0. The highest BCUT2D eigenvalue weighted by Gasteiger charge is 2.19. The Hall–Kier alpha value is -2.73. The minimum atomic E-state index is -0.363. The highest BCUT2D eigenvalue weighted by atomic mass is 35.5. The lowest BCUT2D eigenvalue weighted by atomic mass is 9.97. The molecule has 1 aliphatic rings. The summed E-state index contributed by atoms with van der Waals surface area (Å²) < 4.78 is 15.1. The summed E-state index contributed by atoms with van der Waals surface area (Å²) in [5.41, 5.74) is 5.90. The lowest BCUT2D eigenvalue weighted by Crippen LogP contribution is -2.25. The van der Waals surface area contributed by atoms with Gasteiger partial charge >= 0.3 is 0 Å². The fourth-order valence-corrected chi connectivity index (χ4v) is 4.38. The van der Waals surface area contributed by atoms with Crippen LogP contribution in [0.3, 0.4) is 0 Å². The third-order valence-electron chi connectivity index (χ3n) is 5.95. The molecule has 0 radical (unpaired) electrons. The Kier molecular flexibility index (Phi) is 6.37. The van der Waals surface area contributed by atoms with Gasteiger partial charge in [0.2, 0.25) is 0 Å². The number of aryl methyl sites for hydroxylation is 2. The lowest BCUT2D eigenvalue weighted by molar-refractivity contribution is 0.0955. The second kappa shape index (κ2) is 9.18. The number of carbonyl (C=O) groups excluding carboxylic acids is 1. The number of hydrogen-bond donors (Lipinski definition) is 1. The summed E-state index contributed by atoms with van der Waals surface area (Å²) in [7, 11) is 0. The summed E-state index contributed by atoms with van der Waals surface area (Å²) in [6.45, 7) is 4.46. The summed E-state index contributed by atoms with van der Waals surface area (Å²) in [5.74, 6) is -0.523. The topological polar surface area (TPSA) is 59.3 Å². The average Bonchev–Trinajstić information content (AvgIpc) is 3.17. The van der Waals surface area contributed by atoms with Gasteiger partial charge in [0.05, 0.1) is 6.20 Å². The normalized spacial score (nSPS) is 14.0. The van der Waals surface area contributed by atoms with E-state index < -0.39 is 0 Å². The first-order chi connectivity index (χ1) is 14.9. The Balaban J connectivity index is 1.54. The first-order valence-corrected chi connectivity index (χ1v) is 11.1. The standard InChI is InChI=1S/C24H26ClFN4O/c1-15-20(12-18-8-9-19(26)13-22(18)25)16(2)30-23(29-15)21(14-28-30)24(31)27-11-10-17-6-4-3-5-7-17/h6,8-9,13-14H,3-5,7,10-12H2,1-2H3,(H,27,31). The van der Waals surface area contributed by atoms with E-state index in [4.69, 9.17) is 11.6 Å². The quantitative estimate of drug-likeness (QED) is 0.525. The van der Waals surface area contributed by atoms with Crippen LogP contribution in [-0.2, 0) is 6.42 Å². The van der Waals surface area contributed by atoms with Gasteiger partial charge in [-0.3, -0.25) is 4.79 Å². The van der Waals surface area contributed by atoms with Crippen molar-refractivity contribution in [3.63, 3.8) is 0 Å². The maximum absolute atomic E-state index is 13.4. The summed E-state index contributed by atoms with van der Waals surface area (Å²) in [5, 5.41) is 7.79. The predicted octanol–water partition coefficient (Wildman–Crippen LogP) is 5.35. The molecule has 0 atom stereocenters. The highest BCUT2D eigenvalue weighted by molar-refractivity contribution is 6.31. The lowest BCUT2D eigenvalue weighted by Gasteiger charge is -2.13. The smallest absolute Gasteiger partial charge is 0.256 e. The summed E-state index contributed by atoms with van der Waals surface area (Å²) in [4.78, 5) is 17.4. The van der Waals surface area contributed by atoms with Crippen molar-refractivity contribution in [1.29, 1.82) is 0 Å². The van der Waals surface area contributed by atoms with E-state index in [1.54, 1.807) is 16.8 Å². The zero-order valence-electron chi connectivity index (χ0n) is 17.8. The number of halogens is 2. The Morgan fingerprint density at radius 1 is 1.29 bits per heavy atom. The third-order valence-corrected chi connectivity index (χ3v) is 6.30. The largest absolute Gasteiger partial charge is 0.352 e. The number of nitrogens with one attached hydrogen (secondary N) is 1. The van der Waals surface area contributed by atoms with Gasteiger partial charge in [-0.25, -0.2) is 13.9 Å². The van der Waals surface area contributed by atoms with Crippen LogP contribution < -0.4 is 5.32 Å². The van der Waals surface area contributed by atoms with Crippen LogP contribution in [0.15, 0.2) is 36.0 Å². The number of rotatable bonds is 6. The molecule has 1 aliphatic carbocycles. The van der Waals surface area contributed by atoms with Crippen LogP contribution in [-0.4, -0.2) is 27.0 Å². The van der Waals surface area contributed by atoms with Crippen LogP contribution in [0, 0.1) is 19.7 Å². The van der Waals surface area contributed by atoms with Crippen molar-refractivity contribution in [2.24, 2.45) is 0 Å². The molecule has 3 aromatic rings. The van der Waals surface area contributed by atoms with Crippen molar-refractivity contribution >= 4 is 23.2 Å². The van der Waals surface area contributed by atoms with E-state index in [0.717, 1.165) is 41.8 Å². The van der Waals surface area contributed by atoms with Crippen molar-refractivity contribution < 1.29 is 9.18 Å². The average molecular weight is 441 g/mol. The second-order valence-corrected chi connectivity index (χ2v) is 8.49. The third kappa shape index (κ3) is 4.64. The van der Waals surface area contributed by atoms with Gasteiger partial charge in [-0.1, -0.05) is 29.3 Å². The van der Waals surface area contributed by atoms with Crippen LogP contribution >= 0.6 is 11.6 Å². The Bertz CT molecular complexity index is 1170. The molecule has 0 spiro atoms. The number of benzene rings is 1. The molecule has 0 aliphatic heterocycles. The van der Waals surface area contributed by atoms with Gasteiger partial charge in [0, 0.05) is 29.4 Å². The van der Waals surface area contributed by atoms with Gasteiger partial charge in [0.1, 0.15) is 11.4 Å². The van der Waals surface area contributed by atoms with Crippen LogP contribution in [0.1, 0.15) is 65.0 Å². The zero-order chi connectivity index (χ0) is 22.0. The van der Waals surface area contributed by atoms with E-state index in [0.29, 0.717) is 29.2 Å². The molecule has 2 aromatic heterocycles. The molecule has 162 valence electrons. The van der Waals surface area contributed by atoms with Crippen LogP contribution in [0.2, 0.25) is 5.02 Å². The monoisotopic (exact) mass is 440 g/mol. The molecular weight excluding hydrogens is 415 g/mol. The van der Waals surface area contributed by atoms with Crippen molar-refractivity contribution in [2.45, 2.75) is 52.4 Å². The molecule has 1 N–H and O–H groups in total. The Morgan fingerprint density at radius 3 is 2.87 bits per heavy atom. The molecule has 0 saturated carbocycles. The Labute approximate surface area is 186 Å². The molecule has 1 aromatic carbocycles. The molecule has 0 fully saturated rings. The van der Waals surface area contributed by atoms with E-state index >= 15 is 0 Å². The maximum Gasteiger partial charge on any atom is 0.256 e. The molecule has 0 unspecified atom stereocenters. The molecule has 0 saturated heterocycles. The van der Waals surface area contributed by atoms with E-state index in [2.05, 4.69) is 21.5 Å². The summed E-state index contributed by atoms with van der Waals surface area (Å²) >= 11 is 6.21. The SMILES string of the molecule is Cc1nc2c(C(=O)NCCC3=CCCCC3)cnn2c(C)c1Cc1ccc(F)cc1Cl. The zero-order valence-corrected chi connectivity index (χ0v) is 18.6. The van der Waals surface area contributed by atoms with E-state index in [-0.39, 0.29) is 11.7 Å². The fraction of sp³-hybridized carbons (Fsp3) is 0.375. The van der Waals surface area contributed by atoms with E-state index in [1.165, 1.54) is 30.5 Å². The van der Waals surface area contributed by atoms with Crippen LogP contribution in [0.4, 0.5) is 4.39 Å². The van der Waals surface area contributed by atoms with Gasteiger partial charge in [0.15, 0.2) is 5.65 Å². The molecule has 2 heterocycles. The minimum Gasteiger partial charge on any atom is -0.352 e. The van der Waals surface area contributed by atoms with Gasteiger partial charge < -0.3 is 5.32 Å². The first-order valence-electron chi connectivity index (χ1n) is 10.7. The molecule has 0 bridgehead atoms. The van der Waals surface area contributed by atoms with Crippen molar-refractivity contribution in [1.82, 2.24) is 19.9 Å². The Morgan fingerprint density at radius 2 is 2.13 bits per heavy atom. The molecule has 4 rings (SSSR count). The van der Waals surface area contributed by atoms with Crippen molar-refractivity contribution in [3.8, 4) is 0 Å². The van der Waals surface area contributed by atoms with Crippen LogP contribution in [0.25, 0.3) is 5.65 Å². The number of nitrogens with zero attached hydrogens (tertiary/aromatic N) is 3. The van der Waals surface area contributed by atoms with E-state index in [1.807, 2.05) is 13.8 Å². The molecule has 7 heteroatoms. The molecule has 31 heavy (non-hydrogen) atoms. The van der Waals surface area contributed by atoms with Crippen molar-refractivity contribution in [2.75, 3.05) is 6.54 Å². The van der Waals surface area contributed by atoms with Gasteiger partial charge in [-0.15, -0.1) is 0 Å². The predicted molar refractivity (Wildman–Crippen MR) is 120 cm³/mol. The van der Waals surface area contributed by atoms with Gasteiger partial charge in [-0.05, 0) is 69.2 Å². The van der Waals surface area contributed by atoms with Gasteiger partial charge in [0.25, 0.3) is 5.91 Å². The van der Waals surface area contributed by atoms with Gasteiger partial charge in [-0.2, -0.15) is 5.10 Å². The number of hydrogen-bond acceptors (Lipinski definition) is 3. The van der Waals surface area contributed by atoms with Crippen LogP contribution in [0.5, 0.6) is 0 Å². The molecule has 5 nitrogen and oxygen atoms in total. The first kappa shape index (κ1) is 21.5.